The van der Waals surface area contributed by atoms with Crippen LogP contribution >= 0.6 is 0 Å². The Bertz CT molecular complexity index is 710. The van der Waals surface area contributed by atoms with Crippen LogP contribution in [0.1, 0.15) is 35.2 Å². The summed E-state index contributed by atoms with van der Waals surface area (Å²) in [7, 11) is 0. The van der Waals surface area contributed by atoms with E-state index in [9.17, 15) is 9.90 Å². The number of carbonyl (C=O) groups is 1. The zero-order chi connectivity index (χ0) is 17.7. The third kappa shape index (κ3) is 4.17. The monoisotopic (exact) mass is 339 g/mol. The molecule has 0 bridgehead atoms. The molecule has 0 unspecified atom stereocenters. The highest BCUT2D eigenvalue weighted by molar-refractivity contribution is 5.93. The number of hydrogen-bond donors (Lipinski definition) is 2. The number of benzene rings is 1. The van der Waals surface area contributed by atoms with Crippen molar-refractivity contribution in [2.75, 3.05) is 24.6 Å². The van der Waals surface area contributed by atoms with Gasteiger partial charge in [0.15, 0.2) is 0 Å². The number of nitrogens with zero attached hydrogens (tertiary/aromatic N) is 2. The molecule has 1 amide bonds. The number of aliphatic hydroxyl groups excluding tert-OH is 1. The highest BCUT2D eigenvalue weighted by Gasteiger charge is 2.34. The minimum absolute atomic E-state index is 0.0341. The fourth-order valence-electron chi connectivity index (χ4n) is 3.50. The Morgan fingerprint density at radius 2 is 1.92 bits per heavy atom. The summed E-state index contributed by atoms with van der Waals surface area (Å²) < 4.78 is 0. The van der Waals surface area contributed by atoms with Gasteiger partial charge in [-0.15, -0.1) is 0 Å². The maximum atomic E-state index is 11.3. The summed E-state index contributed by atoms with van der Waals surface area (Å²) in [4.78, 5) is 17.9. The molecule has 5 heteroatoms. The van der Waals surface area contributed by atoms with Crippen molar-refractivity contribution in [2.45, 2.75) is 25.7 Å². The summed E-state index contributed by atoms with van der Waals surface area (Å²) in [5.41, 5.74) is 7.11. The number of nitrogens with two attached hydrogens (primary N) is 1. The predicted molar refractivity (Wildman–Crippen MR) is 98.5 cm³/mol. The van der Waals surface area contributed by atoms with Crippen molar-refractivity contribution in [3.63, 3.8) is 0 Å². The normalized spacial score (nSPS) is 16.6. The van der Waals surface area contributed by atoms with Crippen LogP contribution in [-0.4, -0.2) is 35.7 Å². The van der Waals surface area contributed by atoms with Crippen LogP contribution < -0.4 is 10.6 Å². The Balaban J connectivity index is 1.63. The molecule has 1 aliphatic heterocycles. The Hall–Kier alpha value is -2.40. The molecule has 5 nitrogen and oxygen atoms in total. The standard InChI is InChI=1S/C20H25N3O2/c21-19(25)17-7-11-22-18(14-17)23-12-9-20(15-24,10-13-23)8-6-16-4-2-1-3-5-16/h1-5,7,11,14,24H,6,8-10,12-13,15H2,(H2,21,25). The lowest BCUT2D eigenvalue weighted by Gasteiger charge is -2.41. The maximum Gasteiger partial charge on any atom is 0.248 e. The molecule has 1 aliphatic rings. The SMILES string of the molecule is NC(=O)c1ccnc(N2CCC(CO)(CCc3ccccc3)CC2)c1. The van der Waals surface area contributed by atoms with Crippen molar-refractivity contribution in [3.8, 4) is 0 Å². The lowest BCUT2D eigenvalue weighted by atomic mass is 9.75. The van der Waals surface area contributed by atoms with Gasteiger partial charge in [-0.05, 0) is 48.8 Å². The van der Waals surface area contributed by atoms with Gasteiger partial charge in [0.25, 0.3) is 0 Å². The molecule has 1 saturated heterocycles. The quantitative estimate of drug-likeness (QED) is 0.847. The second-order valence-corrected chi connectivity index (χ2v) is 6.90. The van der Waals surface area contributed by atoms with Crippen molar-refractivity contribution >= 4 is 11.7 Å². The molecule has 1 aromatic heterocycles. The van der Waals surface area contributed by atoms with E-state index in [1.54, 1.807) is 18.3 Å². The summed E-state index contributed by atoms with van der Waals surface area (Å²) in [6.07, 6.45) is 5.42. The number of primary amides is 1. The summed E-state index contributed by atoms with van der Waals surface area (Å²) in [5.74, 6) is 0.346. The maximum absolute atomic E-state index is 11.3. The van der Waals surface area contributed by atoms with E-state index in [2.05, 4.69) is 34.1 Å². The molecule has 0 atom stereocenters. The van der Waals surface area contributed by atoms with Crippen LogP contribution in [0.15, 0.2) is 48.7 Å². The van der Waals surface area contributed by atoms with Crippen LogP contribution in [0.25, 0.3) is 0 Å². The summed E-state index contributed by atoms with van der Waals surface area (Å²) in [6, 6.07) is 13.8. The van der Waals surface area contributed by atoms with Crippen molar-refractivity contribution in [1.82, 2.24) is 4.98 Å². The fraction of sp³-hybridized carbons (Fsp3) is 0.400. The van der Waals surface area contributed by atoms with Crippen molar-refractivity contribution in [2.24, 2.45) is 11.1 Å². The molecule has 0 saturated carbocycles. The molecule has 0 radical (unpaired) electrons. The van der Waals surface area contributed by atoms with Crippen LogP contribution in [0.5, 0.6) is 0 Å². The number of amides is 1. The van der Waals surface area contributed by atoms with Gasteiger partial charge in [0.1, 0.15) is 5.82 Å². The minimum Gasteiger partial charge on any atom is -0.396 e. The fourth-order valence-corrected chi connectivity index (χ4v) is 3.50. The number of rotatable bonds is 6. The molecule has 2 heterocycles. The minimum atomic E-state index is -0.437. The van der Waals surface area contributed by atoms with Gasteiger partial charge in [0, 0.05) is 31.5 Å². The van der Waals surface area contributed by atoms with E-state index in [-0.39, 0.29) is 12.0 Å². The number of hydrogen-bond acceptors (Lipinski definition) is 4. The van der Waals surface area contributed by atoms with E-state index >= 15 is 0 Å². The van der Waals surface area contributed by atoms with Gasteiger partial charge < -0.3 is 15.7 Å². The van der Waals surface area contributed by atoms with Crippen LogP contribution in [0, 0.1) is 5.41 Å². The Kier molecular flexibility index (Phi) is 5.34. The Labute approximate surface area is 148 Å². The molecule has 3 rings (SSSR count). The lowest BCUT2D eigenvalue weighted by molar-refractivity contribution is 0.0873. The highest BCUT2D eigenvalue weighted by Crippen LogP contribution is 2.36. The first-order valence-electron chi connectivity index (χ1n) is 8.77. The van der Waals surface area contributed by atoms with Crippen molar-refractivity contribution < 1.29 is 9.90 Å². The summed E-state index contributed by atoms with van der Waals surface area (Å²) in [6.45, 7) is 1.86. The lowest BCUT2D eigenvalue weighted by Crippen LogP contribution is -2.42. The smallest absolute Gasteiger partial charge is 0.248 e. The molecule has 25 heavy (non-hydrogen) atoms. The molecule has 1 fully saturated rings. The largest absolute Gasteiger partial charge is 0.396 e. The number of aromatic nitrogens is 1. The van der Waals surface area contributed by atoms with Gasteiger partial charge in [-0.2, -0.15) is 0 Å². The molecule has 0 aliphatic carbocycles. The second kappa shape index (κ2) is 7.66. The van der Waals surface area contributed by atoms with Gasteiger partial charge in [-0.25, -0.2) is 4.98 Å². The van der Waals surface area contributed by atoms with E-state index in [0.717, 1.165) is 44.6 Å². The number of carbonyl (C=O) groups excluding carboxylic acids is 1. The van der Waals surface area contributed by atoms with E-state index in [4.69, 9.17) is 5.73 Å². The van der Waals surface area contributed by atoms with Crippen LogP contribution in [-0.2, 0) is 6.42 Å². The topological polar surface area (TPSA) is 79.5 Å². The van der Waals surface area contributed by atoms with Gasteiger partial charge >= 0.3 is 0 Å². The average molecular weight is 339 g/mol. The Morgan fingerprint density at radius 3 is 2.56 bits per heavy atom. The van der Waals surface area contributed by atoms with Crippen LogP contribution in [0.2, 0.25) is 0 Å². The van der Waals surface area contributed by atoms with Crippen molar-refractivity contribution in [3.05, 3.63) is 59.8 Å². The predicted octanol–water partition coefficient (Wildman–Crippen LogP) is 2.39. The Morgan fingerprint density at radius 1 is 1.20 bits per heavy atom. The van der Waals surface area contributed by atoms with Crippen molar-refractivity contribution in [1.29, 1.82) is 0 Å². The van der Waals surface area contributed by atoms with Gasteiger partial charge in [0.2, 0.25) is 5.91 Å². The first-order chi connectivity index (χ1) is 12.1. The average Bonchev–Trinajstić information content (AvgIpc) is 2.68. The second-order valence-electron chi connectivity index (χ2n) is 6.90. The summed E-state index contributed by atoms with van der Waals surface area (Å²) >= 11 is 0. The third-order valence-electron chi connectivity index (χ3n) is 5.30. The first-order valence-corrected chi connectivity index (χ1v) is 8.77. The van der Waals surface area contributed by atoms with Gasteiger partial charge in [-0.3, -0.25) is 4.79 Å². The summed E-state index contributed by atoms with van der Waals surface area (Å²) in [5, 5.41) is 10.00. The molecular weight excluding hydrogens is 314 g/mol. The number of pyridine rings is 1. The molecule has 2 aromatic rings. The molecule has 132 valence electrons. The zero-order valence-electron chi connectivity index (χ0n) is 14.4. The number of aryl methyl sites for hydroxylation is 1. The van der Waals surface area contributed by atoms with E-state index in [1.807, 2.05) is 6.07 Å². The highest BCUT2D eigenvalue weighted by atomic mass is 16.3. The van der Waals surface area contributed by atoms with Gasteiger partial charge in [0.05, 0.1) is 0 Å². The van der Waals surface area contributed by atoms with E-state index in [0.29, 0.717) is 5.56 Å². The molecule has 1 aromatic carbocycles. The molecule has 3 N–H and O–H groups in total. The number of aliphatic hydroxyl groups is 1. The molecule has 0 spiro atoms. The van der Waals surface area contributed by atoms with Crippen LogP contribution in [0.3, 0.4) is 0 Å². The van der Waals surface area contributed by atoms with E-state index < -0.39 is 5.91 Å². The third-order valence-corrected chi connectivity index (χ3v) is 5.30. The molecular formula is C20H25N3O2. The van der Waals surface area contributed by atoms with Crippen LogP contribution in [0.4, 0.5) is 5.82 Å². The van der Waals surface area contributed by atoms with Gasteiger partial charge in [-0.1, -0.05) is 30.3 Å². The zero-order valence-corrected chi connectivity index (χ0v) is 14.4. The number of piperidine rings is 1. The first kappa shape index (κ1) is 17.4. The van der Waals surface area contributed by atoms with E-state index in [1.165, 1.54) is 5.56 Å². The number of anilines is 1.